The summed E-state index contributed by atoms with van der Waals surface area (Å²) in [5.74, 6) is 8.29. The van der Waals surface area contributed by atoms with E-state index in [0.717, 1.165) is 60.8 Å². The minimum absolute atomic E-state index is 0.848. The number of rotatable bonds is 9. The number of thioether (sulfide) groups is 2. The summed E-state index contributed by atoms with van der Waals surface area (Å²) in [5.41, 5.74) is 0. The molecule has 2 aromatic heterocycles. The van der Waals surface area contributed by atoms with E-state index in [-0.39, 0.29) is 0 Å². The van der Waals surface area contributed by atoms with Gasteiger partial charge in [0.15, 0.2) is 11.6 Å². The van der Waals surface area contributed by atoms with Gasteiger partial charge in [0.25, 0.3) is 0 Å². The Bertz CT molecular complexity index is 639. The molecule has 0 amide bonds. The number of hydrogen-bond donors (Lipinski definition) is 1. The van der Waals surface area contributed by atoms with Crippen molar-refractivity contribution in [3.05, 3.63) is 23.7 Å². The first-order chi connectivity index (χ1) is 12.2. The molecule has 0 unspecified atom stereocenters. The third-order valence-electron chi connectivity index (χ3n) is 3.75. The zero-order valence-corrected chi connectivity index (χ0v) is 17.2. The lowest BCUT2D eigenvalue weighted by atomic mass is 10.4. The van der Waals surface area contributed by atoms with E-state index < -0.39 is 0 Å². The molecule has 6 nitrogen and oxygen atoms in total. The third kappa shape index (κ3) is 5.80. The van der Waals surface area contributed by atoms with Crippen LogP contribution in [-0.4, -0.2) is 64.6 Å². The van der Waals surface area contributed by atoms with Crippen molar-refractivity contribution in [2.24, 2.45) is 0 Å². The van der Waals surface area contributed by atoms with Gasteiger partial charge in [-0.2, -0.15) is 32.3 Å². The topological polar surface area (TPSA) is 57.4 Å². The fourth-order valence-electron chi connectivity index (χ4n) is 2.59. The van der Waals surface area contributed by atoms with Crippen molar-refractivity contribution < 1.29 is 4.42 Å². The average Bonchev–Trinajstić information content (AvgIpc) is 3.24. The number of nitrogens with one attached hydrogen (secondary N) is 1. The van der Waals surface area contributed by atoms with Crippen molar-refractivity contribution in [3.63, 3.8) is 0 Å². The molecule has 0 atom stereocenters. The van der Waals surface area contributed by atoms with Crippen LogP contribution >= 0.6 is 35.3 Å². The van der Waals surface area contributed by atoms with Crippen LogP contribution in [0.3, 0.4) is 0 Å². The van der Waals surface area contributed by atoms with E-state index in [4.69, 9.17) is 4.42 Å². The summed E-state index contributed by atoms with van der Waals surface area (Å²) in [4.78, 5) is 4.45. The molecule has 1 aliphatic heterocycles. The molecule has 0 aromatic carbocycles. The molecule has 9 heteroatoms. The van der Waals surface area contributed by atoms with Gasteiger partial charge in [0.05, 0.1) is 24.0 Å². The normalized spacial score (nSPS) is 15.1. The SMILES string of the molecule is CN(C)Cc1ccc(CSCCNc2nsnc2N2CCSCC2)o1. The van der Waals surface area contributed by atoms with E-state index in [1.807, 2.05) is 37.6 Å². The van der Waals surface area contributed by atoms with Gasteiger partial charge >= 0.3 is 0 Å². The summed E-state index contributed by atoms with van der Waals surface area (Å²) < 4.78 is 14.7. The van der Waals surface area contributed by atoms with Crippen molar-refractivity contribution >= 4 is 46.9 Å². The molecule has 0 radical (unpaired) electrons. The van der Waals surface area contributed by atoms with Crippen LogP contribution in [0.2, 0.25) is 0 Å². The van der Waals surface area contributed by atoms with Gasteiger partial charge in [0.2, 0.25) is 0 Å². The van der Waals surface area contributed by atoms with Crippen LogP contribution < -0.4 is 10.2 Å². The van der Waals surface area contributed by atoms with Crippen LogP contribution in [0.4, 0.5) is 11.6 Å². The van der Waals surface area contributed by atoms with E-state index in [1.54, 1.807) is 0 Å². The maximum Gasteiger partial charge on any atom is 0.187 e. The molecule has 138 valence electrons. The van der Waals surface area contributed by atoms with E-state index in [9.17, 15) is 0 Å². The number of anilines is 2. The minimum atomic E-state index is 0.848. The Balaban J connectivity index is 1.37. The molecule has 1 fully saturated rings. The molecular formula is C16H25N5OS3. The van der Waals surface area contributed by atoms with E-state index in [0.29, 0.717) is 0 Å². The van der Waals surface area contributed by atoms with Crippen LogP contribution in [0, 0.1) is 0 Å². The number of hydrogen-bond acceptors (Lipinski definition) is 9. The van der Waals surface area contributed by atoms with Crippen LogP contribution in [0.1, 0.15) is 11.5 Å². The lowest BCUT2D eigenvalue weighted by molar-refractivity contribution is 0.344. The number of nitrogens with zero attached hydrogens (tertiary/aromatic N) is 4. The Labute approximate surface area is 162 Å². The highest BCUT2D eigenvalue weighted by Crippen LogP contribution is 2.26. The fourth-order valence-corrected chi connectivity index (χ4v) is 4.79. The first kappa shape index (κ1) is 18.9. The van der Waals surface area contributed by atoms with Crippen LogP contribution in [-0.2, 0) is 12.3 Å². The molecule has 0 spiro atoms. The molecule has 3 rings (SSSR count). The molecule has 1 N–H and O–H groups in total. The quantitative estimate of drug-likeness (QED) is 0.646. The lowest BCUT2D eigenvalue weighted by Crippen LogP contribution is -2.33. The summed E-state index contributed by atoms with van der Waals surface area (Å²) in [5, 5.41) is 3.44. The van der Waals surface area contributed by atoms with Gasteiger partial charge in [0.1, 0.15) is 11.5 Å². The second kappa shape index (κ2) is 9.70. The average molecular weight is 400 g/mol. The summed E-state index contributed by atoms with van der Waals surface area (Å²) in [6.07, 6.45) is 0. The highest BCUT2D eigenvalue weighted by atomic mass is 32.2. The standard InChI is InChI=1S/C16H25N5OS3/c1-20(2)11-13-3-4-14(22-13)12-24-8-5-17-15-16(19-25-18-15)21-6-9-23-10-7-21/h3-4H,5-12H2,1-2H3,(H,17,18). The Morgan fingerprint density at radius 2 is 2.04 bits per heavy atom. The van der Waals surface area contributed by atoms with Gasteiger partial charge in [-0.25, -0.2) is 0 Å². The highest BCUT2D eigenvalue weighted by Gasteiger charge is 2.18. The summed E-state index contributed by atoms with van der Waals surface area (Å²) in [6.45, 7) is 3.86. The van der Waals surface area contributed by atoms with Gasteiger partial charge in [-0.05, 0) is 26.2 Å². The second-order valence-electron chi connectivity index (χ2n) is 6.12. The summed E-state index contributed by atoms with van der Waals surface area (Å²) in [7, 11) is 4.10. The largest absolute Gasteiger partial charge is 0.464 e. The Kier molecular flexibility index (Phi) is 7.33. The highest BCUT2D eigenvalue weighted by molar-refractivity contribution is 7.99. The van der Waals surface area contributed by atoms with Gasteiger partial charge in [-0.15, -0.1) is 0 Å². The zero-order valence-electron chi connectivity index (χ0n) is 14.7. The maximum absolute atomic E-state index is 5.83. The summed E-state index contributed by atoms with van der Waals surface area (Å²) in [6, 6.07) is 4.15. The van der Waals surface area contributed by atoms with Crippen molar-refractivity contribution in [3.8, 4) is 0 Å². The van der Waals surface area contributed by atoms with Crippen molar-refractivity contribution in [2.75, 3.05) is 61.2 Å². The van der Waals surface area contributed by atoms with Gasteiger partial charge in [-0.3, -0.25) is 0 Å². The molecule has 3 heterocycles. The molecule has 1 saturated heterocycles. The zero-order chi connectivity index (χ0) is 17.5. The van der Waals surface area contributed by atoms with E-state index in [2.05, 4.69) is 36.0 Å². The van der Waals surface area contributed by atoms with Crippen LogP contribution in [0.5, 0.6) is 0 Å². The third-order valence-corrected chi connectivity index (χ3v) is 6.20. The van der Waals surface area contributed by atoms with E-state index in [1.165, 1.54) is 23.2 Å². The monoisotopic (exact) mass is 399 g/mol. The molecule has 0 bridgehead atoms. The Morgan fingerprint density at radius 3 is 2.84 bits per heavy atom. The van der Waals surface area contributed by atoms with Crippen LogP contribution in [0.25, 0.3) is 0 Å². The Hall–Kier alpha value is -0.900. The molecular weight excluding hydrogens is 374 g/mol. The summed E-state index contributed by atoms with van der Waals surface area (Å²) >= 11 is 5.17. The smallest absolute Gasteiger partial charge is 0.187 e. The fraction of sp³-hybridized carbons (Fsp3) is 0.625. The molecule has 2 aromatic rings. The molecule has 0 aliphatic carbocycles. The van der Waals surface area contributed by atoms with Gasteiger partial charge in [-0.1, -0.05) is 0 Å². The predicted molar refractivity (Wildman–Crippen MR) is 110 cm³/mol. The maximum atomic E-state index is 5.83. The Morgan fingerprint density at radius 1 is 1.24 bits per heavy atom. The van der Waals surface area contributed by atoms with Crippen molar-refractivity contribution in [1.29, 1.82) is 0 Å². The van der Waals surface area contributed by atoms with Crippen molar-refractivity contribution in [1.82, 2.24) is 13.6 Å². The first-order valence-corrected chi connectivity index (χ1v) is 11.5. The van der Waals surface area contributed by atoms with Gasteiger partial charge in [0, 0.05) is 36.9 Å². The van der Waals surface area contributed by atoms with Crippen LogP contribution in [0.15, 0.2) is 16.5 Å². The predicted octanol–water partition coefficient (Wildman–Crippen LogP) is 3.09. The number of aromatic nitrogens is 2. The molecule has 25 heavy (non-hydrogen) atoms. The van der Waals surface area contributed by atoms with Gasteiger partial charge < -0.3 is 19.5 Å². The first-order valence-electron chi connectivity index (χ1n) is 8.41. The second-order valence-corrected chi connectivity index (χ2v) is 8.98. The minimum Gasteiger partial charge on any atom is -0.464 e. The lowest BCUT2D eigenvalue weighted by Gasteiger charge is -2.26. The van der Waals surface area contributed by atoms with Crippen molar-refractivity contribution in [2.45, 2.75) is 12.3 Å². The molecule has 0 saturated carbocycles. The van der Waals surface area contributed by atoms with E-state index >= 15 is 0 Å². The molecule has 1 aliphatic rings. The number of furan rings is 1.